The van der Waals surface area contributed by atoms with Crippen molar-refractivity contribution in [2.45, 2.75) is 32.0 Å². The third-order valence-electron chi connectivity index (χ3n) is 2.73. The summed E-state index contributed by atoms with van der Waals surface area (Å²) in [4.78, 5) is 0. The van der Waals surface area contributed by atoms with E-state index in [1.165, 1.54) is 28.5 Å². The van der Waals surface area contributed by atoms with E-state index in [-0.39, 0.29) is 6.04 Å². The fourth-order valence-corrected chi connectivity index (χ4v) is 2.53. The Morgan fingerprint density at radius 1 is 1.28 bits per heavy atom. The van der Waals surface area contributed by atoms with Gasteiger partial charge in [-0.3, -0.25) is 0 Å². The molecule has 18 heavy (non-hydrogen) atoms. The van der Waals surface area contributed by atoms with Crippen LogP contribution in [0.5, 0.6) is 0 Å². The van der Waals surface area contributed by atoms with Crippen LogP contribution in [0.25, 0.3) is 0 Å². The van der Waals surface area contributed by atoms with Gasteiger partial charge in [-0.05, 0) is 25.0 Å². The van der Waals surface area contributed by atoms with Crippen molar-refractivity contribution in [3.05, 3.63) is 40.8 Å². The number of nitrogens with zero attached hydrogens (tertiary/aromatic N) is 2. The lowest BCUT2D eigenvalue weighted by Crippen LogP contribution is -2.14. The van der Waals surface area contributed by atoms with E-state index >= 15 is 0 Å². The van der Waals surface area contributed by atoms with Gasteiger partial charge in [0.2, 0.25) is 5.89 Å². The maximum Gasteiger partial charge on any atom is 0.276 e. The maximum absolute atomic E-state index is 6.21. The van der Waals surface area contributed by atoms with Crippen LogP contribution in [0, 0.1) is 20.8 Å². The Labute approximate surface area is 111 Å². The first-order valence-electron chi connectivity index (χ1n) is 5.82. The molecule has 1 atom stereocenters. The average Bonchev–Trinajstić information content (AvgIpc) is 2.75. The van der Waals surface area contributed by atoms with Gasteiger partial charge in [-0.2, -0.15) is 0 Å². The summed E-state index contributed by atoms with van der Waals surface area (Å²) >= 11 is 1.49. The molecule has 96 valence electrons. The molecule has 4 nitrogen and oxygen atoms in total. The smallest absolute Gasteiger partial charge is 0.276 e. The van der Waals surface area contributed by atoms with Crippen LogP contribution in [0.4, 0.5) is 0 Å². The number of aromatic nitrogens is 2. The van der Waals surface area contributed by atoms with Crippen LogP contribution in [-0.4, -0.2) is 16.0 Å². The van der Waals surface area contributed by atoms with E-state index in [0.29, 0.717) is 11.1 Å². The molecule has 0 aliphatic heterocycles. The van der Waals surface area contributed by atoms with Crippen LogP contribution in [0.1, 0.15) is 28.6 Å². The highest BCUT2D eigenvalue weighted by molar-refractivity contribution is 7.99. The summed E-state index contributed by atoms with van der Waals surface area (Å²) in [6.45, 7) is 5.93. The number of nitrogens with two attached hydrogens (primary N) is 1. The standard InChI is InChI=1S/C13H17N3OS/c1-8-4-5-9(2)11(6-8)12(14)7-18-13-16-15-10(3)17-13/h4-6,12H,7,14H2,1-3H3. The summed E-state index contributed by atoms with van der Waals surface area (Å²) in [5.74, 6) is 1.31. The Morgan fingerprint density at radius 3 is 2.72 bits per heavy atom. The SMILES string of the molecule is Cc1ccc(C)c(C(N)CSc2nnc(C)o2)c1. The zero-order valence-corrected chi connectivity index (χ0v) is 11.6. The molecule has 1 aromatic carbocycles. The first-order valence-corrected chi connectivity index (χ1v) is 6.80. The third-order valence-corrected chi connectivity index (χ3v) is 3.67. The number of thioether (sulfide) groups is 1. The van der Waals surface area contributed by atoms with E-state index in [4.69, 9.17) is 10.2 Å². The van der Waals surface area contributed by atoms with Crippen molar-refractivity contribution in [2.75, 3.05) is 5.75 Å². The molecule has 0 aliphatic carbocycles. The normalized spacial score (nSPS) is 12.7. The molecule has 5 heteroatoms. The van der Waals surface area contributed by atoms with Crippen molar-refractivity contribution in [3.63, 3.8) is 0 Å². The molecule has 2 rings (SSSR count). The Hall–Kier alpha value is -1.33. The molecule has 1 aromatic heterocycles. The van der Waals surface area contributed by atoms with Gasteiger partial charge >= 0.3 is 0 Å². The van der Waals surface area contributed by atoms with Gasteiger partial charge in [0.1, 0.15) is 0 Å². The second kappa shape index (κ2) is 5.54. The Balaban J connectivity index is 2.03. The Bertz CT molecular complexity index is 539. The van der Waals surface area contributed by atoms with Crippen LogP contribution in [-0.2, 0) is 0 Å². The number of aryl methyl sites for hydroxylation is 3. The van der Waals surface area contributed by atoms with Crippen LogP contribution in [0.15, 0.2) is 27.8 Å². The monoisotopic (exact) mass is 263 g/mol. The molecular formula is C13H17N3OS. The second-order valence-corrected chi connectivity index (χ2v) is 5.34. The van der Waals surface area contributed by atoms with Crippen molar-refractivity contribution in [3.8, 4) is 0 Å². The zero-order chi connectivity index (χ0) is 13.1. The first kappa shape index (κ1) is 13.1. The minimum absolute atomic E-state index is 0.0258. The number of rotatable bonds is 4. The van der Waals surface area contributed by atoms with Gasteiger partial charge in [0.15, 0.2) is 0 Å². The summed E-state index contributed by atoms with van der Waals surface area (Å²) in [6.07, 6.45) is 0. The van der Waals surface area contributed by atoms with Gasteiger partial charge in [-0.1, -0.05) is 35.5 Å². The fourth-order valence-electron chi connectivity index (χ4n) is 1.75. The predicted molar refractivity (Wildman–Crippen MR) is 72.6 cm³/mol. The number of hydrogen-bond acceptors (Lipinski definition) is 5. The molecule has 0 bridgehead atoms. The van der Waals surface area contributed by atoms with Crippen molar-refractivity contribution < 1.29 is 4.42 Å². The van der Waals surface area contributed by atoms with Crippen LogP contribution in [0.3, 0.4) is 0 Å². The Kier molecular flexibility index (Phi) is 4.04. The van der Waals surface area contributed by atoms with E-state index in [1.54, 1.807) is 6.92 Å². The average molecular weight is 263 g/mol. The van der Waals surface area contributed by atoms with Crippen LogP contribution in [0.2, 0.25) is 0 Å². The summed E-state index contributed by atoms with van der Waals surface area (Å²) in [6, 6.07) is 6.31. The highest BCUT2D eigenvalue weighted by atomic mass is 32.2. The largest absolute Gasteiger partial charge is 0.416 e. The molecule has 0 fully saturated rings. The van der Waals surface area contributed by atoms with Gasteiger partial charge in [0.25, 0.3) is 5.22 Å². The second-order valence-electron chi connectivity index (χ2n) is 4.36. The highest BCUT2D eigenvalue weighted by Gasteiger charge is 2.12. The van der Waals surface area contributed by atoms with E-state index in [9.17, 15) is 0 Å². The molecule has 0 aliphatic rings. The molecule has 1 heterocycles. The summed E-state index contributed by atoms with van der Waals surface area (Å²) in [5, 5.41) is 8.31. The lowest BCUT2D eigenvalue weighted by atomic mass is 10.0. The fraction of sp³-hybridized carbons (Fsp3) is 0.385. The van der Waals surface area contributed by atoms with E-state index < -0.39 is 0 Å². The Morgan fingerprint density at radius 2 is 2.06 bits per heavy atom. The van der Waals surface area contributed by atoms with Gasteiger partial charge in [-0.25, -0.2) is 0 Å². The lowest BCUT2D eigenvalue weighted by Gasteiger charge is -2.14. The van der Waals surface area contributed by atoms with Gasteiger partial charge < -0.3 is 10.2 Å². The van der Waals surface area contributed by atoms with Gasteiger partial charge in [0, 0.05) is 18.7 Å². The van der Waals surface area contributed by atoms with Gasteiger partial charge in [0.05, 0.1) is 0 Å². The lowest BCUT2D eigenvalue weighted by molar-refractivity contribution is 0.429. The van der Waals surface area contributed by atoms with Crippen molar-refractivity contribution >= 4 is 11.8 Å². The minimum Gasteiger partial charge on any atom is -0.416 e. The maximum atomic E-state index is 6.21. The van der Waals surface area contributed by atoms with Crippen LogP contribution < -0.4 is 5.73 Å². The van der Waals surface area contributed by atoms with E-state index in [0.717, 1.165) is 5.75 Å². The minimum atomic E-state index is -0.0258. The number of hydrogen-bond donors (Lipinski definition) is 1. The van der Waals surface area contributed by atoms with Crippen molar-refractivity contribution in [1.29, 1.82) is 0 Å². The highest BCUT2D eigenvalue weighted by Crippen LogP contribution is 2.24. The van der Waals surface area contributed by atoms with E-state index in [2.05, 4.69) is 42.2 Å². The topological polar surface area (TPSA) is 64.9 Å². The van der Waals surface area contributed by atoms with Crippen LogP contribution >= 0.6 is 11.8 Å². The van der Waals surface area contributed by atoms with E-state index in [1.807, 2.05) is 0 Å². The molecule has 2 aromatic rings. The molecular weight excluding hydrogens is 246 g/mol. The predicted octanol–water partition coefficient (Wildman–Crippen LogP) is 2.79. The molecule has 0 radical (unpaired) electrons. The molecule has 0 saturated carbocycles. The summed E-state index contributed by atoms with van der Waals surface area (Å²) in [7, 11) is 0. The molecule has 0 spiro atoms. The number of benzene rings is 1. The third kappa shape index (κ3) is 3.11. The summed E-state index contributed by atoms with van der Waals surface area (Å²) in [5.41, 5.74) is 9.83. The van der Waals surface area contributed by atoms with Gasteiger partial charge in [-0.15, -0.1) is 10.2 Å². The van der Waals surface area contributed by atoms with Crippen molar-refractivity contribution in [1.82, 2.24) is 10.2 Å². The molecule has 1 unspecified atom stereocenters. The molecule has 2 N–H and O–H groups in total. The quantitative estimate of drug-likeness (QED) is 0.859. The first-order chi connectivity index (χ1) is 8.56. The molecule has 0 saturated heterocycles. The van der Waals surface area contributed by atoms with Crippen molar-refractivity contribution in [2.24, 2.45) is 5.73 Å². The summed E-state index contributed by atoms with van der Waals surface area (Å²) < 4.78 is 5.31. The molecule has 0 amide bonds. The zero-order valence-electron chi connectivity index (χ0n) is 10.8.